The van der Waals surface area contributed by atoms with E-state index >= 15 is 0 Å². The summed E-state index contributed by atoms with van der Waals surface area (Å²) in [7, 11) is 0. The highest BCUT2D eigenvalue weighted by Gasteiger charge is 2.23. The predicted octanol–water partition coefficient (Wildman–Crippen LogP) is 2.41. The van der Waals surface area contributed by atoms with Gasteiger partial charge in [-0.1, -0.05) is 12.1 Å². The fourth-order valence-corrected chi connectivity index (χ4v) is 3.64. The fraction of sp³-hybridized carbons (Fsp3) is 0.231. The topological polar surface area (TPSA) is 59.2 Å². The third-order valence-corrected chi connectivity index (χ3v) is 4.70. The highest BCUT2D eigenvalue weighted by atomic mass is 32.2. The van der Waals surface area contributed by atoms with E-state index in [1.165, 1.54) is 16.2 Å². The van der Waals surface area contributed by atoms with E-state index in [2.05, 4.69) is 11.1 Å². The summed E-state index contributed by atoms with van der Waals surface area (Å²) in [6, 6.07) is 8.02. The quantitative estimate of drug-likeness (QED) is 0.923. The molecule has 0 saturated carbocycles. The van der Waals surface area contributed by atoms with Gasteiger partial charge in [-0.3, -0.25) is 4.79 Å². The Kier molecular flexibility index (Phi) is 3.44. The van der Waals surface area contributed by atoms with Crippen LogP contribution in [0.2, 0.25) is 0 Å². The Balaban J connectivity index is 1.81. The van der Waals surface area contributed by atoms with Crippen LogP contribution in [0.25, 0.3) is 0 Å². The van der Waals surface area contributed by atoms with Crippen LogP contribution in [0.3, 0.4) is 0 Å². The molecule has 3 rings (SSSR count). The molecule has 4 nitrogen and oxygen atoms in total. The van der Waals surface area contributed by atoms with Gasteiger partial charge in [-0.05, 0) is 12.1 Å². The first-order chi connectivity index (χ1) is 9.24. The number of rotatable bonds is 2. The molecule has 1 aliphatic rings. The van der Waals surface area contributed by atoms with Crippen LogP contribution in [0, 0.1) is 0 Å². The maximum atomic E-state index is 12.4. The number of hydrogen-bond donors (Lipinski definition) is 1. The zero-order valence-corrected chi connectivity index (χ0v) is 11.8. The number of carbonyl (C=O) groups is 1. The summed E-state index contributed by atoms with van der Waals surface area (Å²) >= 11 is 3.16. The van der Waals surface area contributed by atoms with E-state index in [0.717, 1.165) is 23.7 Å². The van der Waals surface area contributed by atoms with Crippen LogP contribution in [0.4, 0.5) is 10.8 Å². The average Bonchev–Trinajstić information content (AvgIpc) is 2.83. The molecular formula is C13H13N3OS2. The summed E-state index contributed by atoms with van der Waals surface area (Å²) < 4.78 is 0. The maximum absolute atomic E-state index is 12.4. The Morgan fingerprint density at radius 3 is 3.05 bits per heavy atom. The number of nitrogen functional groups attached to an aromatic ring is 1. The number of carbonyl (C=O) groups excluding carboxylic acids is 1. The van der Waals surface area contributed by atoms with Crippen molar-refractivity contribution in [3.05, 3.63) is 35.3 Å². The maximum Gasteiger partial charge on any atom is 0.233 e. The molecule has 1 aromatic carbocycles. The molecule has 19 heavy (non-hydrogen) atoms. The molecule has 98 valence electrons. The van der Waals surface area contributed by atoms with E-state index in [1.807, 2.05) is 28.5 Å². The number of amides is 1. The third kappa shape index (κ3) is 2.59. The first kappa shape index (κ1) is 12.5. The second kappa shape index (κ2) is 5.22. The van der Waals surface area contributed by atoms with Gasteiger partial charge in [0.05, 0.1) is 17.8 Å². The van der Waals surface area contributed by atoms with Gasteiger partial charge in [-0.2, -0.15) is 0 Å². The van der Waals surface area contributed by atoms with E-state index < -0.39 is 0 Å². The number of nitrogens with two attached hydrogens (primary N) is 1. The highest BCUT2D eigenvalue weighted by molar-refractivity contribution is 7.99. The molecule has 0 fully saturated rings. The Hall–Kier alpha value is -1.53. The van der Waals surface area contributed by atoms with E-state index in [4.69, 9.17) is 5.73 Å². The smallest absolute Gasteiger partial charge is 0.233 e. The molecule has 0 bridgehead atoms. The molecule has 1 aliphatic heterocycles. The SMILES string of the molecule is Nc1nc(CC(=O)N2CCSc3ccccc32)cs1. The van der Waals surface area contributed by atoms with Crippen LogP contribution in [0.5, 0.6) is 0 Å². The summed E-state index contributed by atoms with van der Waals surface area (Å²) in [6.45, 7) is 0.750. The van der Waals surface area contributed by atoms with Gasteiger partial charge in [0.25, 0.3) is 0 Å². The molecule has 1 amide bonds. The minimum Gasteiger partial charge on any atom is -0.375 e. The van der Waals surface area contributed by atoms with Gasteiger partial charge in [-0.15, -0.1) is 23.1 Å². The number of thiazole rings is 1. The summed E-state index contributed by atoms with van der Waals surface area (Å²) in [5, 5.41) is 2.36. The van der Waals surface area contributed by atoms with Gasteiger partial charge in [-0.25, -0.2) is 4.98 Å². The minimum absolute atomic E-state index is 0.0815. The van der Waals surface area contributed by atoms with Gasteiger partial charge < -0.3 is 10.6 Å². The van der Waals surface area contributed by atoms with Gasteiger partial charge in [0.15, 0.2) is 5.13 Å². The second-order valence-electron chi connectivity index (χ2n) is 4.22. The van der Waals surface area contributed by atoms with Crippen LogP contribution in [0.1, 0.15) is 5.69 Å². The lowest BCUT2D eigenvalue weighted by molar-refractivity contribution is -0.118. The Bertz CT molecular complexity index is 611. The van der Waals surface area contributed by atoms with Gasteiger partial charge >= 0.3 is 0 Å². The van der Waals surface area contributed by atoms with E-state index in [9.17, 15) is 4.79 Å². The summed E-state index contributed by atoms with van der Waals surface area (Å²) in [5.74, 6) is 1.01. The predicted molar refractivity (Wildman–Crippen MR) is 79.7 cm³/mol. The second-order valence-corrected chi connectivity index (χ2v) is 6.24. The number of nitrogens with zero attached hydrogens (tertiary/aromatic N) is 2. The van der Waals surface area contributed by atoms with Gasteiger partial charge in [0.2, 0.25) is 5.91 Å². The van der Waals surface area contributed by atoms with Crippen molar-refractivity contribution in [2.24, 2.45) is 0 Å². The van der Waals surface area contributed by atoms with Crippen LogP contribution < -0.4 is 10.6 Å². The molecule has 0 radical (unpaired) electrons. The summed E-state index contributed by atoms with van der Waals surface area (Å²) in [6.07, 6.45) is 0.312. The monoisotopic (exact) mass is 291 g/mol. The normalized spacial score (nSPS) is 14.2. The summed E-state index contributed by atoms with van der Waals surface area (Å²) in [4.78, 5) is 19.5. The molecule has 0 spiro atoms. The lowest BCUT2D eigenvalue weighted by Gasteiger charge is -2.28. The van der Waals surface area contributed by atoms with Crippen molar-refractivity contribution >= 4 is 39.8 Å². The van der Waals surface area contributed by atoms with Crippen molar-refractivity contribution in [3.8, 4) is 0 Å². The van der Waals surface area contributed by atoms with Crippen LogP contribution in [-0.4, -0.2) is 23.2 Å². The van der Waals surface area contributed by atoms with Gasteiger partial charge in [0.1, 0.15) is 0 Å². The molecule has 2 aromatic rings. The van der Waals surface area contributed by atoms with Gasteiger partial charge in [0, 0.05) is 22.6 Å². The van der Waals surface area contributed by atoms with Crippen LogP contribution in [-0.2, 0) is 11.2 Å². The van der Waals surface area contributed by atoms with E-state index in [0.29, 0.717) is 11.6 Å². The molecular weight excluding hydrogens is 278 g/mol. The standard InChI is InChI=1S/C13H13N3OS2/c14-13-15-9(8-19-13)7-12(17)16-5-6-18-11-4-2-1-3-10(11)16/h1-4,8H,5-7H2,(H2,14,15). The lowest BCUT2D eigenvalue weighted by atomic mass is 10.2. The number of anilines is 2. The van der Waals surface area contributed by atoms with Crippen molar-refractivity contribution in [1.29, 1.82) is 0 Å². The molecule has 0 aliphatic carbocycles. The Labute approximate surface area is 119 Å². The first-order valence-corrected chi connectivity index (χ1v) is 7.82. The van der Waals surface area contributed by atoms with E-state index in [-0.39, 0.29) is 5.91 Å². The first-order valence-electron chi connectivity index (χ1n) is 5.96. The van der Waals surface area contributed by atoms with Crippen molar-refractivity contribution in [2.45, 2.75) is 11.3 Å². The van der Waals surface area contributed by atoms with Crippen molar-refractivity contribution in [2.75, 3.05) is 22.9 Å². The molecule has 0 atom stereocenters. The van der Waals surface area contributed by atoms with Crippen LogP contribution in [0.15, 0.2) is 34.5 Å². The van der Waals surface area contributed by atoms with Crippen molar-refractivity contribution in [1.82, 2.24) is 4.98 Å². The highest BCUT2D eigenvalue weighted by Crippen LogP contribution is 2.34. The molecule has 2 N–H and O–H groups in total. The Morgan fingerprint density at radius 1 is 1.42 bits per heavy atom. The zero-order chi connectivity index (χ0) is 13.2. The number of aromatic nitrogens is 1. The molecule has 1 aromatic heterocycles. The number of thioether (sulfide) groups is 1. The summed E-state index contributed by atoms with van der Waals surface area (Å²) in [5.41, 5.74) is 7.35. The van der Waals surface area contributed by atoms with E-state index in [1.54, 1.807) is 11.8 Å². The fourth-order valence-electron chi connectivity index (χ4n) is 2.08. The minimum atomic E-state index is 0.0815. The largest absolute Gasteiger partial charge is 0.375 e. The molecule has 0 saturated heterocycles. The van der Waals surface area contributed by atoms with Crippen molar-refractivity contribution < 1.29 is 4.79 Å². The van der Waals surface area contributed by atoms with Crippen LogP contribution >= 0.6 is 23.1 Å². The molecule has 0 unspecified atom stereocenters. The number of para-hydroxylation sites is 1. The number of benzene rings is 1. The molecule has 2 heterocycles. The third-order valence-electron chi connectivity index (χ3n) is 2.93. The lowest BCUT2D eigenvalue weighted by Crippen LogP contribution is -2.36. The number of fused-ring (bicyclic) bond motifs is 1. The zero-order valence-electron chi connectivity index (χ0n) is 10.2. The average molecular weight is 291 g/mol. The van der Waals surface area contributed by atoms with Crippen molar-refractivity contribution in [3.63, 3.8) is 0 Å². The number of hydrogen-bond acceptors (Lipinski definition) is 5. The Morgan fingerprint density at radius 2 is 2.26 bits per heavy atom. The molecule has 6 heteroatoms.